The predicted octanol–water partition coefficient (Wildman–Crippen LogP) is 5.70. The highest BCUT2D eigenvalue weighted by Gasteiger charge is 2.40. The Balaban J connectivity index is 2.07. The Morgan fingerprint density at radius 2 is 1.56 bits per heavy atom. The summed E-state index contributed by atoms with van der Waals surface area (Å²) in [5.74, 6) is 2.32. The first-order valence-electron chi connectivity index (χ1n) is 9.82. The van der Waals surface area contributed by atoms with Crippen LogP contribution in [0.4, 0.5) is 0 Å². The van der Waals surface area contributed by atoms with E-state index in [-0.39, 0.29) is 5.60 Å². The molecule has 148 valence electrons. The normalized spacial score (nSPS) is 21.9. The first-order chi connectivity index (χ1) is 12.9. The van der Waals surface area contributed by atoms with Crippen molar-refractivity contribution in [1.29, 1.82) is 0 Å². The van der Waals surface area contributed by atoms with Gasteiger partial charge in [0.2, 0.25) is 0 Å². The number of ether oxygens (including phenoxy) is 4. The summed E-state index contributed by atoms with van der Waals surface area (Å²) in [6, 6.07) is 8.20. The van der Waals surface area contributed by atoms with Crippen LogP contribution >= 0.6 is 0 Å². The van der Waals surface area contributed by atoms with Gasteiger partial charge < -0.3 is 18.9 Å². The molecule has 0 N–H and O–H groups in total. The molecule has 1 fully saturated rings. The summed E-state index contributed by atoms with van der Waals surface area (Å²) >= 11 is 0. The van der Waals surface area contributed by atoms with Gasteiger partial charge in [-0.25, -0.2) is 0 Å². The Kier molecular flexibility index (Phi) is 5.57. The lowest BCUT2D eigenvalue weighted by molar-refractivity contribution is -0.131. The van der Waals surface area contributed by atoms with Gasteiger partial charge in [-0.3, -0.25) is 0 Å². The van der Waals surface area contributed by atoms with Crippen molar-refractivity contribution >= 4 is 10.8 Å². The summed E-state index contributed by atoms with van der Waals surface area (Å²) in [6.07, 6.45) is 4.51. The van der Waals surface area contributed by atoms with Crippen molar-refractivity contribution in [3.05, 3.63) is 29.8 Å². The van der Waals surface area contributed by atoms with E-state index in [2.05, 4.69) is 32.9 Å². The molecule has 1 atom stereocenters. The maximum atomic E-state index is 6.49. The molecule has 2 aromatic rings. The molecule has 1 aliphatic rings. The highest BCUT2D eigenvalue weighted by molar-refractivity contribution is 5.95. The van der Waals surface area contributed by atoms with Crippen LogP contribution in [0.1, 0.15) is 52.0 Å². The van der Waals surface area contributed by atoms with Gasteiger partial charge in [0.05, 0.1) is 38.9 Å². The maximum Gasteiger partial charge on any atom is 0.134 e. The molecular weight excluding hydrogens is 340 g/mol. The van der Waals surface area contributed by atoms with E-state index < -0.39 is 0 Å². The Morgan fingerprint density at radius 3 is 2.07 bits per heavy atom. The number of hydrogen-bond donors (Lipinski definition) is 0. The highest BCUT2D eigenvalue weighted by atomic mass is 16.5. The van der Waals surface area contributed by atoms with Gasteiger partial charge in [-0.15, -0.1) is 0 Å². The molecule has 3 rings (SSSR count). The quantitative estimate of drug-likeness (QED) is 0.652. The molecule has 0 unspecified atom stereocenters. The molecule has 4 heteroatoms. The summed E-state index contributed by atoms with van der Waals surface area (Å²) in [6.45, 7) is 7.54. The van der Waals surface area contributed by atoms with Gasteiger partial charge >= 0.3 is 0 Å². The Bertz CT molecular complexity index is 798. The first-order valence-corrected chi connectivity index (χ1v) is 9.82. The van der Waals surface area contributed by atoms with Gasteiger partial charge in [0.15, 0.2) is 0 Å². The SMILES string of the molecule is CCC1(CC)CC[C@@](C)(c2cc(OC)c3c(OC)cc(OC)cc3c2)OC1. The van der Waals surface area contributed by atoms with Crippen LogP contribution in [0.5, 0.6) is 17.2 Å². The third kappa shape index (κ3) is 3.47. The van der Waals surface area contributed by atoms with Crippen LogP contribution in [0, 0.1) is 5.41 Å². The Morgan fingerprint density at radius 1 is 0.889 bits per heavy atom. The molecule has 0 spiro atoms. The smallest absolute Gasteiger partial charge is 0.134 e. The highest BCUT2D eigenvalue weighted by Crippen LogP contribution is 2.47. The van der Waals surface area contributed by atoms with Crippen molar-refractivity contribution in [2.75, 3.05) is 27.9 Å². The van der Waals surface area contributed by atoms with Gasteiger partial charge in [0, 0.05) is 6.07 Å². The van der Waals surface area contributed by atoms with Crippen molar-refractivity contribution < 1.29 is 18.9 Å². The molecule has 2 aromatic carbocycles. The van der Waals surface area contributed by atoms with Crippen LogP contribution in [0.2, 0.25) is 0 Å². The average molecular weight is 373 g/mol. The third-order valence-electron chi connectivity index (χ3n) is 6.57. The molecule has 0 radical (unpaired) electrons. The third-order valence-corrected chi connectivity index (χ3v) is 6.57. The van der Waals surface area contributed by atoms with E-state index in [1.165, 1.54) is 6.42 Å². The minimum atomic E-state index is -0.314. The Hall–Kier alpha value is -1.94. The number of fused-ring (bicyclic) bond motifs is 1. The van der Waals surface area contributed by atoms with E-state index in [1.54, 1.807) is 21.3 Å². The summed E-state index contributed by atoms with van der Waals surface area (Å²) < 4.78 is 23.3. The zero-order chi connectivity index (χ0) is 19.7. The first kappa shape index (κ1) is 19.8. The number of hydrogen-bond acceptors (Lipinski definition) is 4. The average Bonchev–Trinajstić information content (AvgIpc) is 2.72. The van der Waals surface area contributed by atoms with Crippen molar-refractivity contribution in [2.24, 2.45) is 5.41 Å². The van der Waals surface area contributed by atoms with E-state index >= 15 is 0 Å². The van der Waals surface area contributed by atoms with Crippen LogP contribution in [0.25, 0.3) is 10.8 Å². The minimum Gasteiger partial charge on any atom is -0.497 e. The van der Waals surface area contributed by atoms with Crippen LogP contribution < -0.4 is 14.2 Å². The molecule has 0 aromatic heterocycles. The standard InChI is InChI=1S/C23H32O4/c1-7-23(8-2)10-9-22(3,27-15-23)17-11-16-12-18(24-4)14-20(26-6)21(16)19(13-17)25-5/h11-14H,7-10,15H2,1-6H3/t22-/m0/s1. The number of methoxy groups -OCH3 is 3. The van der Waals surface area contributed by atoms with Crippen molar-refractivity contribution in [2.45, 2.75) is 52.1 Å². The lowest BCUT2D eigenvalue weighted by Crippen LogP contribution is -2.40. The predicted molar refractivity (Wildman–Crippen MR) is 109 cm³/mol. The molecule has 0 saturated carbocycles. The van der Waals surface area contributed by atoms with Gasteiger partial charge in [0.1, 0.15) is 17.2 Å². The summed E-state index contributed by atoms with van der Waals surface area (Å²) in [4.78, 5) is 0. The minimum absolute atomic E-state index is 0.312. The second kappa shape index (κ2) is 7.59. The van der Waals surface area contributed by atoms with E-state index in [4.69, 9.17) is 18.9 Å². The fourth-order valence-corrected chi connectivity index (χ4v) is 4.15. The molecule has 27 heavy (non-hydrogen) atoms. The van der Waals surface area contributed by atoms with E-state index in [0.29, 0.717) is 5.41 Å². The Labute approximate surface area is 162 Å². The van der Waals surface area contributed by atoms with Crippen molar-refractivity contribution in [1.82, 2.24) is 0 Å². The van der Waals surface area contributed by atoms with E-state index in [9.17, 15) is 0 Å². The topological polar surface area (TPSA) is 36.9 Å². The monoisotopic (exact) mass is 372 g/mol. The van der Waals surface area contributed by atoms with Gasteiger partial charge in [-0.05, 0) is 67.2 Å². The molecule has 1 saturated heterocycles. The summed E-state index contributed by atoms with van der Waals surface area (Å²) in [5.41, 5.74) is 1.14. The van der Waals surface area contributed by atoms with Crippen molar-refractivity contribution in [3.8, 4) is 17.2 Å². The number of benzene rings is 2. The molecule has 0 aliphatic carbocycles. The lowest BCUT2D eigenvalue weighted by atomic mass is 9.72. The van der Waals surface area contributed by atoms with Crippen LogP contribution in [-0.2, 0) is 10.3 Å². The fraction of sp³-hybridized carbons (Fsp3) is 0.565. The van der Waals surface area contributed by atoms with Crippen LogP contribution in [0.3, 0.4) is 0 Å². The molecular formula is C23H32O4. The molecule has 0 amide bonds. The summed E-state index contributed by atoms with van der Waals surface area (Å²) in [5, 5.41) is 1.99. The fourth-order valence-electron chi connectivity index (χ4n) is 4.15. The lowest BCUT2D eigenvalue weighted by Gasteiger charge is -2.45. The van der Waals surface area contributed by atoms with Gasteiger partial charge in [-0.1, -0.05) is 13.8 Å². The maximum absolute atomic E-state index is 6.49. The second-order valence-electron chi connectivity index (χ2n) is 7.83. The summed E-state index contributed by atoms with van der Waals surface area (Å²) in [7, 11) is 5.04. The zero-order valence-corrected chi connectivity index (χ0v) is 17.5. The zero-order valence-electron chi connectivity index (χ0n) is 17.5. The van der Waals surface area contributed by atoms with E-state index in [1.807, 2.05) is 12.1 Å². The molecule has 1 aliphatic heterocycles. The van der Waals surface area contributed by atoms with Gasteiger partial charge in [-0.2, -0.15) is 0 Å². The largest absolute Gasteiger partial charge is 0.497 e. The van der Waals surface area contributed by atoms with Crippen LogP contribution in [0.15, 0.2) is 24.3 Å². The second-order valence-corrected chi connectivity index (χ2v) is 7.83. The molecule has 1 heterocycles. The molecule has 0 bridgehead atoms. The van der Waals surface area contributed by atoms with Gasteiger partial charge in [0.25, 0.3) is 0 Å². The van der Waals surface area contributed by atoms with Crippen molar-refractivity contribution in [3.63, 3.8) is 0 Å². The van der Waals surface area contributed by atoms with E-state index in [0.717, 1.165) is 59.5 Å². The van der Waals surface area contributed by atoms with Crippen LogP contribution in [-0.4, -0.2) is 27.9 Å². The molecule has 4 nitrogen and oxygen atoms in total. The number of rotatable bonds is 6.